The highest BCUT2D eigenvalue weighted by molar-refractivity contribution is 5.98. The molecule has 0 atom stereocenters. The molecule has 0 aliphatic carbocycles. The van der Waals surface area contributed by atoms with E-state index in [1.165, 1.54) is 16.5 Å². The van der Waals surface area contributed by atoms with Crippen LogP contribution < -0.4 is 5.32 Å². The van der Waals surface area contributed by atoms with Crippen molar-refractivity contribution in [1.82, 2.24) is 14.4 Å². The molecule has 5 aromatic rings. The van der Waals surface area contributed by atoms with Crippen LogP contribution in [-0.4, -0.2) is 14.4 Å². The Hall–Kier alpha value is -3.53. The van der Waals surface area contributed by atoms with Gasteiger partial charge >= 0.3 is 0 Å². The van der Waals surface area contributed by atoms with Crippen LogP contribution >= 0.6 is 0 Å². The summed E-state index contributed by atoms with van der Waals surface area (Å²) in [7, 11) is 0. The van der Waals surface area contributed by atoms with E-state index >= 15 is 0 Å². The zero-order chi connectivity index (χ0) is 18.4. The fraction of sp³-hybridized carbons (Fsp3) is 0.0870. The highest BCUT2D eigenvalue weighted by atomic mass is 15.1. The summed E-state index contributed by atoms with van der Waals surface area (Å²) in [5.74, 6) is 0.971. The van der Waals surface area contributed by atoms with Gasteiger partial charge in [0.05, 0.1) is 0 Å². The van der Waals surface area contributed by atoms with Crippen molar-refractivity contribution in [3.63, 3.8) is 0 Å². The van der Waals surface area contributed by atoms with Crippen LogP contribution in [0.25, 0.3) is 27.8 Å². The number of H-pyrrole nitrogens is 1. The lowest BCUT2D eigenvalue weighted by Crippen LogP contribution is -1.97. The Balaban J connectivity index is 1.73. The van der Waals surface area contributed by atoms with Gasteiger partial charge in [0.25, 0.3) is 0 Å². The lowest BCUT2D eigenvalue weighted by atomic mass is 10.1. The number of nitrogens with zero attached hydrogens (tertiary/aromatic N) is 2. The lowest BCUT2D eigenvalue weighted by Gasteiger charge is -2.10. The molecule has 0 radical (unpaired) electrons. The molecule has 0 aliphatic heterocycles. The molecule has 0 saturated carbocycles. The molecule has 0 fully saturated rings. The molecule has 0 bridgehead atoms. The highest BCUT2D eigenvalue weighted by Gasteiger charge is 2.17. The van der Waals surface area contributed by atoms with Crippen molar-refractivity contribution in [1.29, 1.82) is 0 Å². The van der Waals surface area contributed by atoms with E-state index in [9.17, 15) is 0 Å². The molecule has 0 unspecified atom stereocenters. The maximum absolute atomic E-state index is 4.92. The van der Waals surface area contributed by atoms with Gasteiger partial charge in [-0.05, 0) is 55.3 Å². The van der Waals surface area contributed by atoms with Gasteiger partial charge in [-0.1, -0.05) is 30.3 Å². The van der Waals surface area contributed by atoms with E-state index in [2.05, 4.69) is 64.9 Å². The van der Waals surface area contributed by atoms with Gasteiger partial charge in [-0.15, -0.1) is 0 Å². The summed E-state index contributed by atoms with van der Waals surface area (Å²) in [6.07, 6.45) is 4.09. The summed E-state index contributed by atoms with van der Waals surface area (Å²) in [6, 6.07) is 20.8. The van der Waals surface area contributed by atoms with Crippen molar-refractivity contribution in [3.05, 3.63) is 84.2 Å². The Labute approximate surface area is 157 Å². The summed E-state index contributed by atoms with van der Waals surface area (Å²) in [4.78, 5) is 8.28. The molecule has 132 valence electrons. The molecule has 4 nitrogen and oxygen atoms in total. The third kappa shape index (κ3) is 2.57. The molecule has 3 heterocycles. The van der Waals surface area contributed by atoms with E-state index in [1.54, 1.807) is 0 Å². The second-order valence-corrected chi connectivity index (χ2v) is 6.91. The maximum atomic E-state index is 4.92. The van der Waals surface area contributed by atoms with Crippen molar-refractivity contribution in [2.75, 3.05) is 5.32 Å². The Morgan fingerprint density at radius 3 is 2.67 bits per heavy atom. The second kappa shape index (κ2) is 6.02. The fourth-order valence-electron chi connectivity index (χ4n) is 3.53. The minimum Gasteiger partial charge on any atom is -0.360 e. The molecule has 2 N–H and O–H groups in total. The lowest BCUT2D eigenvalue weighted by molar-refractivity contribution is 1.18. The number of hydrogen-bond donors (Lipinski definition) is 2. The van der Waals surface area contributed by atoms with Gasteiger partial charge in [-0.25, -0.2) is 4.98 Å². The highest BCUT2D eigenvalue weighted by Crippen LogP contribution is 2.35. The molecule has 3 aromatic heterocycles. The first kappa shape index (κ1) is 15.7. The number of aryl methyl sites for hydroxylation is 2. The number of aromatic amines is 1. The Bertz CT molecular complexity index is 1280. The predicted molar refractivity (Wildman–Crippen MR) is 112 cm³/mol. The van der Waals surface area contributed by atoms with Gasteiger partial charge in [0.1, 0.15) is 17.2 Å². The predicted octanol–water partition coefficient (Wildman–Crippen LogP) is 5.84. The third-order valence-corrected chi connectivity index (χ3v) is 5.14. The molecular formula is C23H20N4. The summed E-state index contributed by atoms with van der Waals surface area (Å²) >= 11 is 0. The van der Waals surface area contributed by atoms with E-state index < -0.39 is 0 Å². The van der Waals surface area contributed by atoms with Crippen LogP contribution in [0.15, 0.2) is 73.1 Å². The van der Waals surface area contributed by atoms with Crippen molar-refractivity contribution >= 4 is 28.1 Å². The van der Waals surface area contributed by atoms with E-state index in [0.717, 1.165) is 33.9 Å². The van der Waals surface area contributed by atoms with Crippen molar-refractivity contribution in [2.45, 2.75) is 13.8 Å². The molecule has 0 spiro atoms. The molecule has 4 heteroatoms. The summed E-state index contributed by atoms with van der Waals surface area (Å²) < 4.78 is 2.10. The molecule has 0 saturated heterocycles. The van der Waals surface area contributed by atoms with E-state index in [1.807, 2.05) is 36.7 Å². The van der Waals surface area contributed by atoms with Crippen molar-refractivity contribution in [3.8, 4) is 11.3 Å². The molecule has 5 rings (SSSR count). The van der Waals surface area contributed by atoms with Crippen LogP contribution in [0.2, 0.25) is 0 Å². The smallest absolute Gasteiger partial charge is 0.143 e. The average Bonchev–Trinajstić information content (AvgIpc) is 3.26. The van der Waals surface area contributed by atoms with Crippen LogP contribution in [0.1, 0.15) is 11.1 Å². The molecular weight excluding hydrogens is 332 g/mol. The minimum absolute atomic E-state index is 0.920. The van der Waals surface area contributed by atoms with Crippen LogP contribution in [0.4, 0.5) is 11.5 Å². The first-order valence-corrected chi connectivity index (χ1v) is 9.08. The molecule has 0 amide bonds. The van der Waals surface area contributed by atoms with Crippen LogP contribution in [0.3, 0.4) is 0 Å². The molecule has 0 aliphatic rings. The maximum Gasteiger partial charge on any atom is 0.143 e. The van der Waals surface area contributed by atoms with Crippen LogP contribution in [-0.2, 0) is 0 Å². The Morgan fingerprint density at radius 2 is 1.78 bits per heavy atom. The quantitative estimate of drug-likeness (QED) is 0.428. The van der Waals surface area contributed by atoms with E-state index in [4.69, 9.17) is 4.98 Å². The van der Waals surface area contributed by atoms with Gasteiger partial charge in [0.2, 0.25) is 0 Å². The van der Waals surface area contributed by atoms with Crippen LogP contribution in [0.5, 0.6) is 0 Å². The van der Waals surface area contributed by atoms with Gasteiger partial charge < -0.3 is 10.3 Å². The van der Waals surface area contributed by atoms with Gasteiger partial charge in [-0.2, -0.15) is 0 Å². The number of pyridine rings is 1. The number of aromatic nitrogens is 3. The topological polar surface area (TPSA) is 45.1 Å². The van der Waals surface area contributed by atoms with E-state index in [0.29, 0.717) is 0 Å². The largest absolute Gasteiger partial charge is 0.360 e. The molecule has 2 aromatic carbocycles. The number of fused-ring (bicyclic) bond motifs is 2. The number of imidazole rings is 1. The zero-order valence-electron chi connectivity index (χ0n) is 15.3. The van der Waals surface area contributed by atoms with Gasteiger partial charge in [0, 0.05) is 34.5 Å². The van der Waals surface area contributed by atoms with Gasteiger partial charge in [-0.3, -0.25) is 4.40 Å². The summed E-state index contributed by atoms with van der Waals surface area (Å²) in [6.45, 7) is 4.26. The first-order valence-electron chi connectivity index (χ1n) is 9.08. The number of para-hydroxylation sites is 1. The number of hydrogen-bond acceptors (Lipinski definition) is 2. The number of rotatable bonds is 3. The second-order valence-electron chi connectivity index (χ2n) is 6.91. The first-order chi connectivity index (χ1) is 13.2. The third-order valence-electron chi connectivity index (χ3n) is 5.14. The van der Waals surface area contributed by atoms with Crippen molar-refractivity contribution in [2.24, 2.45) is 0 Å². The molecule has 27 heavy (non-hydrogen) atoms. The standard InChI is InChI=1S/C23H20N4/c1-15-10-11-17(13-16(15)2)25-23-22(26-21-9-5-6-12-27(21)23)19-14-24-20-8-4-3-7-18(19)20/h3-14,24-25H,1-2H3. The number of nitrogens with one attached hydrogen (secondary N) is 2. The monoisotopic (exact) mass is 352 g/mol. The van der Waals surface area contributed by atoms with Crippen molar-refractivity contribution < 1.29 is 0 Å². The van der Waals surface area contributed by atoms with Crippen LogP contribution in [0, 0.1) is 13.8 Å². The number of benzene rings is 2. The minimum atomic E-state index is 0.920. The van der Waals surface area contributed by atoms with Gasteiger partial charge in [0.15, 0.2) is 0 Å². The summed E-state index contributed by atoms with van der Waals surface area (Å²) in [5, 5.41) is 4.77. The Morgan fingerprint density at radius 1 is 0.926 bits per heavy atom. The normalized spacial score (nSPS) is 11.3. The number of anilines is 2. The average molecular weight is 352 g/mol. The van der Waals surface area contributed by atoms with E-state index in [-0.39, 0.29) is 0 Å². The summed E-state index contributed by atoms with van der Waals surface area (Å²) in [5.41, 5.74) is 7.69. The Kier molecular flexibility index (Phi) is 3.50. The fourth-order valence-corrected chi connectivity index (χ4v) is 3.53. The SMILES string of the molecule is Cc1ccc(Nc2c(-c3c[nH]c4ccccc34)nc3ccccn23)cc1C. The zero-order valence-corrected chi connectivity index (χ0v) is 15.3.